The molecule has 0 amide bonds. The van der Waals surface area contributed by atoms with Gasteiger partial charge in [0.15, 0.2) is 10.8 Å². The highest BCUT2D eigenvalue weighted by Crippen LogP contribution is 2.48. The van der Waals surface area contributed by atoms with Crippen molar-refractivity contribution in [1.29, 1.82) is 0 Å². The molecule has 1 N–H and O–H groups in total. The smallest absolute Gasteiger partial charge is 0.317 e. The summed E-state index contributed by atoms with van der Waals surface area (Å²) in [4.78, 5) is 14.6. The first kappa shape index (κ1) is 17.0. The van der Waals surface area contributed by atoms with Gasteiger partial charge in [0.25, 0.3) is 0 Å². The number of carbonyl (C=O) groups excluding carboxylic acids is 1. The Kier molecular flexibility index (Phi) is 4.64. The minimum Gasteiger partial charge on any atom is -0.467 e. The number of carbonyl (C=O) groups is 1. The van der Waals surface area contributed by atoms with Crippen LogP contribution in [0.4, 0.5) is 0 Å². The van der Waals surface area contributed by atoms with Gasteiger partial charge in [-0.1, -0.05) is 18.2 Å². The van der Waals surface area contributed by atoms with Crippen molar-refractivity contribution in [3.63, 3.8) is 0 Å². The minimum absolute atomic E-state index is 0.273. The lowest BCUT2D eigenvalue weighted by Gasteiger charge is -2.55. The Morgan fingerprint density at radius 3 is 2.92 bits per heavy atom. The number of hydrogen-bond donors (Lipinski definition) is 1. The highest BCUT2D eigenvalue weighted by Gasteiger charge is 2.59. The van der Waals surface area contributed by atoms with E-state index in [0.717, 1.165) is 11.3 Å². The lowest BCUT2D eigenvalue weighted by Crippen LogP contribution is -2.71. The molecule has 130 valence electrons. The largest absolute Gasteiger partial charge is 0.467 e. The summed E-state index contributed by atoms with van der Waals surface area (Å²) in [6, 6.07) is 7.43. The molecule has 3 rings (SSSR count). The van der Waals surface area contributed by atoms with Crippen molar-refractivity contribution in [3.8, 4) is 5.75 Å². The van der Waals surface area contributed by atoms with E-state index in [4.69, 9.17) is 26.4 Å². The van der Waals surface area contributed by atoms with Crippen molar-refractivity contribution in [2.75, 3.05) is 26.9 Å². The standard InChI is InChI=1S/C17H22N2O4S/c1-4-22-15(20)13-14-11-7-5-6-8-12(11)23-17(13,2)19(9-10-21-3)16(24)18-14/h5-8,13-14H,4,9-10H2,1-3H3,(H,18,24)/t13-,14-,17+/m1/s1. The number of rotatable bonds is 5. The van der Waals surface area contributed by atoms with Crippen LogP contribution >= 0.6 is 12.2 Å². The number of para-hydroxylation sites is 1. The van der Waals surface area contributed by atoms with E-state index in [-0.39, 0.29) is 12.0 Å². The summed E-state index contributed by atoms with van der Waals surface area (Å²) in [5.41, 5.74) is -0.00616. The number of fused-ring (bicyclic) bond motifs is 4. The van der Waals surface area contributed by atoms with Gasteiger partial charge in [0.1, 0.15) is 11.7 Å². The lowest BCUT2D eigenvalue weighted by atomic mass is 9.79. The Balaban J connectivity index is 2.07. The normalized spacial score (nSPS) is 27.8. The van der Waals surface area contributed by atoms with Crippen LogP contribution in [0.15, 0.2) is 24.3 Å². The molecule has 7 heteroatoms. The predicted octanol–water partition coefficient (Wildman–Crippen LogP) is 1.85. The minimum atomic E-state index is -0.924. The van der Waals surface area contributed by atoms with Gasteiger partial charge in [-0.05, 0) is 32.1 Å². The van der Waals surface area contributed by atoms with Gasteiger partial charge >= 0.3 is 5.97 Å². The molecule has 0 saturated carbocycles. The molecule has 0 aliphatic carbocycles. The first-order valence-electron chi connectivity index (χ1n) is 8.04. The zero-order chi connectivity index (χ0) is 17.3. The van der Waals surface area contributed by atoms with Crippen LogP contribution in [-0.2, 0) is 14.3 Å². The summed E-state index contributed by atoms with van der Waals surface area (Å²) < 4.78 is 16.8. The second-order valence-corrected chi connectivity index (χ2v) is 6.38. The lowest BCUT2D eigenvalue weighted by molar-refractivity contribution is -0.176. The molecular weight excluding hydrogens is 328 g/mol. The summed E-state index contributed by atoms with van der Waals surface area (Å²) in [6.07, 6.45) is 0. The number of hydrogen-bond acceptors (Lipinski definition) is 5. The van der Waals surface area contributed by atoms with Crippen molar-refractivity contribution in [3.05, 3.63) is 29.8 Å². The second-order valence-electron chi connectivity index (χ2n) is 6.00. The zero-order valence-electron chi connectivity index (χ0n) is 14.1. The van der Waals surface area contributed by atoms with E-state index >= 15 is 0 Å². The quantitative estimate of drug-likeness (QED) is 0.642. The van der Waals surface area contributed by atoms with E-state index in [2.05, 4.69) is 5.32 Å². The average molecular weight is 350 g/mol. The first-order chi connectivity index (χ1) is 11.5. The number of methoxy groups -OCH3 is 1. The van der Waals surface area contributed by atoms with E-state index < -0.39 is 11.6 Å². The zero-order valence-corrected chi connectivity index (χ0v) is 14.9. The molecule has 6 nitrogen and oxygen atoms in total. The summed E-state index contributed by atoms with van der Waals surface area (Å²) in [5.74, 6) is -0.0733. The van der Waals surface area contributed by atoms with Crippen molar-refractivity contribution in [2.24, 2.45) is 5.92 Å². The van der Waals surface area contributed by atoms with Gasteiger partial charge in [-0.15, -0.1) is 0 Å². The Morgan fingerprint density at radius 1 is 1.46 bits per heavy atom. The maximum atomic E-state index is 12.7. The average Bonchev–Trinajstić information content (AvgIpc) is 2.54. The van der Waals surface area contributed by atoms with Crippen LogP contribution in [0, 0.1) is 5.92 Å². The molecule has 3 atom stereocenters. The molecular formula is C17H22N2O4S. The highest BCUT2D eigenvalue weighted by atomic mass is 32.1. The SMILES string of the molecule is CCOC(=O)[C@H]1[C@@H]2NC(=S)N(CCOC)[C@@]1(C)Oc1ccccc12. The van der Waals surface area contributed by atoms with Crippen LogP contribution in [0.25, 0.3) is 0 Å². The summed E-state index contributed by atoms with van der Waals surface area (Å²) in [6.45, 7) is 5.00. The monoisotopic (exact) mass is 350 g/mol. The topological polar surface area (TPSA) is 60.0 Å². The summed E-state index contributed by atoms with van der Waals surface area (Å²) in [5, 5.41) is 3.85. The van der Waals surface area contributed by atoms with Gasteiger partial charge in [0.05, 0.1) is 19.3 Å². The van der Waals surface area contributed by atoms with E-state index in [1.165, 1.54) is 0 Å². The third-order valence-electron chi connectivity index (χ3n) is 4.60. The molecule has 24 heavy (non-hydrogen) atoms. The molecule has 1 saturated heterocycles. The van der Waals surface area contributed by atoms with Crippen molar-refractivity contribution in [1.82, 2.24) is 10.2 Å². The molecule has 1 aromatic carbocycles. The number of nitrogens with one attached hydrogen (secondary N) is 1. The van der Waals surface area contributed by atoms with Crippen LogP contribution < -0.4 is 10.1 Å². The number of benzene rings is 1. The van der Waals surface area contributed by atoms with Gasteiger partial charge in [-0.2, -0.15) is 0 Å². The molecule has 2 heterocycles. The molecule has 2 bridgehead atoms. The summed E-state index contributed by atoms with van der Waals surface area (Å²) in [7, 11) is 1.63. The van der Waals surface area contributed by atoms with Crippen LogP contribution in [0.1, 0.15) is 25.5 Å². The van der Waals surface area contributed by atoms with E-state index in [1.807, 2.05) is 36.1 Å². The Labute approximate surface area is 147 Å². The Morgan fingerprint density at radius 2 is 2.21 bits per heavy atom. The maximum absolute atomic E-state index is 12.7. The third kappa shape index (κ3) is 2.61. The molecule has 0 radical (unpaired) electrons. The van der Waals surface area contributed by atoms with Crippen LogP contribution in [-0.4, -0.2) is 48.6 Å². The van der Waals surface area contributed by atoms with Crippen LogP contribution in [0.5, 0.6) is 5.75 Å². The molecule has 1 fully saturated rings. The van der Waals surface area contributed by atoms with Crippen LogP contribution in [0.3, 0.4) is 0 Å². The Bertz CT molecular complexity index is 653. The van der Waals surface area contributed by atoms with Gasteiger partial charge < -0.3 is 24.4 Å². The third-order valence-corrected chi connectivity index (χ3v) is 4.94. The van der Waals surface area contributed by atoms with E-state index in [1.54, 1.807) is 14.0 Å². The van der Waals surface area contributed by atoms with Crippen LogP contribution in [0.2, 0.25) is 0 Å². The number of esters is 1. The van der Waals surface area contributed by atoms with Gasteiger partial charge in [0.2, 0.25) is 0 Å². The molecule has 0 unspecified atom stereocenters. The Hall–Kier alpha value is -1.86. The summed E-state index contributed by atoms with van der Waals surface area (Å²) >= 11 is 5.53. The van der Waals surface area contributed by atoms with Crippen molar-refractivity contribution >= 4 is 23.3 Å². The fourth-order valence-electron chi connectivity index (χ4n) is 3.49. The van der Waals surface area contributed by atoms with Gasteiger partial charge in [-0.3, -0.25) is 4.79 Å². The van der Waals surface area contributed by atoms with E-state index in [0.29, 0.717) is 24.9 Å². The van der Waals surface area contributed by atoms with E-state index in [9.17, 15) is 4.79 Å². The first-order valence-corrected chi connectivity index (χ1v) is 8.45. The van der Waals surface area contributed by atoms with Gasteiger partial charge in [0, 0.05) is 19.2 Å². The molecule has 0 spiro atoms. The second kappa shape index (κ2) is 6.57. The molecule has 1 aromatic rings. The van der Waals surface area contributed by atoms with Gasteiger partial charge in [-0.25, -0.2) is 0 Å². The highest BCUT2D eigenvalue weighted by molar-refractivity contribution is 7.80. The predicted molar refractivity (Wildman–Crippen MR) is 92.7 cm³/mol. The molecule has 2 aliphatic heterocycles. The molecule has 2 aliphatic rings. The fraction of sp³-hybridized carbons (Fsp3) is 0.529. The number of thiocarbonyl (C=S) groups is 1. The number of nitrogens with zero attached hydrogens (tertiary/aromatic N) is 1. The fourth-order valence-corrected chi connectivity index (χ4v) is 3.89. The maximum Gasteiger partial charge on any atom is 0.317 e. The number of ether oxygens (including phenoxy) is 3. The molecule has 0 aromatic heterocycles. The van der Waals surface area contributed by atoms with Crippen molar-refractivity contribution in [2.45, 2.75) is 25.6 Å². The van der Waals surface area contributed by atoms with Crippen molar-refractivity contribution < 1.29 is 19.0 Å².